The van der Waals surface area contributed by atoms with Crippen LogP contribution in [0.4, 0.5) is 8.78 Å². The van der Waals surface area contributed by atoms with Crippen LogP contribution in [0.1, 0.15) is 32.1 Å². The van der Waals surface area contributed by atoms with E-state index in [0.717, 1.165) is 33.7 Å². The van der Waals surface area contributed by atoms with Crippen LogP contribution in [0.15, 0.2) is 60.9 Å². The zero-order chi connectivity index (χ0) is 25.4. The van der Waals surface area contributed by atoms with Crippen molar-refractivity contribution >= 4 is 16.9 Å². The lowest BCUT2D eigenvalue weighted by Crippen LogP contribution is -2.38. The molecule has 2 fully saturated rings. The van der Waals surface area contributed by atoms with Gasteiger partial charge in [0.25, 0.3) is 5.92 Å². The first kappa shape index (κ1) is 23.5. The minimum Gasteiger partial charge on any atom is -0.474 e. The predicted octanol–water partition coefficient (Wildman–Crippen LogP) is 5.49. The molecule has 4 heterocycles. The highest BCUT2D eigenvalue weighted by atomic mass is 19.3. The molecule has 1 aromatic carbocycles. The number of ether oxygens (including phenoxy) is 1. The predicted molar refractivity (Wildman–Crippen MR) is 135 cm³/mol. The molecular weight excluding hydrogens is 476 g/mol. The van der Waals surface area contributed by atoms with Gasteiger partial charge in [-0.25, -0.2) is 18.7 Å². The van der Waals surface area contributed by atoms with Crippen LogP contribution < -0.4 is 4.74 Å². The fourth-order valence-corrected chi connectivity index (χ4v) is 5.18. The fraction of sp³-hybridized carbons (Fsp3) is 0.357. The molecule has 6 rings (SSSR count). The lowest BCUT2D eigenvalue weighted by Gasteiger charge is -2.30. The van der Waals surface area contributed by atoms with Crippen molar-refractivity contribution < 1.29 is 18.3 Å². The van der Waals surface area contributed by atoms with Crippen LogP contribution in [0.25, 0.3) is 33.7 Å². The van der Waals surface area contributed by atoms with E-state index in [9.17, 15) is 13.6 Å². The molecule has 37 heavy (non-hydrogen) atoms. The number of H-pyrrole nitrogens is 1. The summed E-state index contributed by atoms with van der Waals surface area (Å²) in [6.07, 6.45) is 5.95. The lowest BCUT2D eigenvalue weighted by molar-refractivity contribution is -0.137. The molecule has 1 amide bonds. The number of aromatic nitrogens is 4. The molecule has 1 saturated heterocycles. The van der Waals surface area contributed by atoms with Crippen LogP contribution in [0.2, 0.25) is 0 Å². The Morgan fingerprint density at radius 1 is 0.973 bits per heavy atom. The number of hydrogen-bond acceptors (Lipinski definition) is 5. The maximum atomic E-state index is 13.5. The Hall–Kier alpha value is -3.88. The zero-order valence-corrected chi connectivity index (χ0v) is 20.2. The number of aromatic amines is 1. The van der Waals surface area contributed by atoms with Crippen molar-refractivity contribution in [2.75, 3.05) is 13.1 Å². The van der Waals surface area contributed by atoms with Crippen LogP contribution >= 0.6 is 0 Å². The van der Waals surface area contributed by atoms with E-state index in [0.29, 0.717) is 31.6 Å². The van der Waals surface area contributed by atoms with Gasteiger partial charge in [0.1, 0.15) is 11.9 Å². The van der Waals surface area contributed by atoms with Crippen LogP contribution in [-0.2, 0) is 4.79 Å². The van der Waals surface area contributed by atoms with Crippen LogP contribution in [0, 0.1) is 5.92 Å². The van der Waals surface area contributed by atoms with E-state index in [4.69, 9.17) is 4.74 Å². The third-order valence-corrected chi connectivity index (χ3v) is 7.25. The molecule has 0 atom stereocenters. The molecular formula is C28H27F2N5O2. The number of rotatable bonds is 5. The van der Waals surface area contributed by atoms with Crippen molar-refractivity contribution in [3.63, 3.8) is 0 Å². The standard InChI is InChI=1S/C28H27F2N5O2/c29-28(30)13-14-35(17-28)27(36)18-5-9-21(10-6-18)37-25-12-8-19(15-32-25)22-11-7-20(16-31-22)26-33-23-3-1-2-4-24(23)34-26/h1-4,7-8,11-12,15-16,18,21H,5-6,9-10,13-14,17H2,(H,33,34). The lowest BCUT2D eigenvalue weighted by atomic mass is 9.86. The molecule has 0 radical (unpaired) electrons. The van der Waals surface area contributed by atoms with Crippen LogP contribution in [0.3, 0.4) is 0 Å². The Morgan fingerprint density at radius 3 is 2.43 bits per heavy atom. The van der Waals surface area contributed by atoms with Gasteiger partial charge in [-0.2, -0.15) is 0 Å². The fourth-order valence-electron chi connectivity index (χ4n) is 5.18. The SMILES string of the molecule is O=C(C1CCC(Oc2ccc(-c3ccc(-c4nc5ccccc5[nH]4)cn3)cn2)CC1)N1CCC(F)(F)C1. The monoisotopic (exact) mass is 503 g/mol. The summed E-state index contributed by atoms with van der Waals surface area (Å²) >= 11 is 0. The van der Waals surface area contributed by atoms with Gasteiger partial charge in [-0.15, -0.1) is 0 Å². The highest BCUT2D eigenvalue weighted by molar-refractivity contribution is 5.80. The molecule has 0 unspecified atom stereocenters. The summed E-state index contributed by atoms with van der Waals surface area (Å²) in [5.41, 5.74) is 4.47. The quantitative estimate of drug-likeness (QED) is 0.389. The summed E-state index contributed by atoms with van der Waals surface area (Å²) < 4.78 is 33.0. The van der Waals surface area contributed by atoms with Gasteiger partial charge in [-0.3, -0.25) is 9.78 Å². The molecule has 9 heteroatoms. The highest BCUT2D eigenvalue weighted by Crippen LogP contribution is 2.33. The Morgan fingerprint density at radius 2 is 1.76 bits per heavy atom. The molecule has 1 aliphatic heterocycles. The molecule has 0 bridgehead atoms. The van der Waals surface area contributed by atoms with Crippen molar-refractivity contribution in [1.82, 2.24) is 24.8 Å². The number of fused-ring (bicyclic) bond motifs is 1. The number of alkyl halides is 2. The summed E-state index contributed by atoms with van der Waals surface area (Å²) in [5.74, 6) is -1.79. The number of pyridine rings is 2. The van der Waals surface area contributed by atoms with E-state index < -0.39 is 12.5 Å². The number of nitrogens with one attached hydrogen (secondary N) is 1. The number of nitrogens with zero attached hydrogens (tertiary/aromatic N) is 4. The molecule has 1 saturated carbocycles. The van der Waals surface area contributed by atoms with E-state index >= 15 is 0 Å². The largest absolute Gasteiger partial charge is 0.474 e. The van der Waals surface area contributed by atoms with E-state index in [1.54, 1.807) is 12.4 Å². The maximum absolute atomic E-state index is 13.5. The molecule has 4 aromatic rings. The number of imidazole rings is 1. The average Bonchev–Trinajstić information content (AvgIpc) is 3.52. The Kier molecular flexibility index (Phi) is 6.06. The van der Waals surface area contributed by atoms with Gasteiger partial charge in [0.15, 0.2) is 0 Å². The van der Waals surface area contributed by atoms with Crippen molar-refractivity contribution in [2.45, 2.75) is 44.1 Å². The smallest absolute Gasteiger partial charge is 0.267 e. The highest BCUT2D eigenvalue weighted by Gasteiger charge is 2.42. The van der Waals surface area contributed by atoms with Crippen molar-refractivity contribution in [3.05, 3.63) is 60.9 Å². The second-order valence-electron chi connectivity index (χ2n) is 9.88. The second-order valence-corrected chi connectivity index (χ2v) is 9.88. The summed E-state index contributed by atoms with van der Waals surface area (Å²) in [5, 5.41) is 0. The summed E-state index contributed by atoms with van der Waals surface area (Å²) in [6, 6.07) is 15.6. The van der Waals surface area contributed by atoms with Crippen LogP contribution in [0.5, 0.6) is 5.88 Å². The third-order valence-electron chi connectivity index (χ3n) is 7.25. The number of halogens is 2. The van der Waals surface area contributed by atoms with E-state index in [1.807, 2.05) is 48.5 Å². The number of carbonyl (C=O) groups excluding carboxylic acids is 1. The zero-order valence-electron chi connectivity index (χ0n) is 20.2. The van der Waals surface area contributed by atoms with E-state index in [-0.39, 0.29) is 30.9 Å². The third kappa shape index (κ3) is 5.03. The summed E-state index contributed by atoms with van der Waals surface area (Å²) in [4.78, 5) is 30.9. The Bertz CT molecular complexity index is 1360. The molecule has 1 N–H and O–H groups in total. The van der Waals surface area contributed by atoms with Crippen LogP contribution in [-0.4, -0.2) is 55.9 Å². The second kappa shape index (κ2) is 9.53. The number of likely N-dealkylation sites (tertiary alicyclic amines) is 1. The first-order valence-corrected chi connectivity index (χ1v) is 12.6. The number of para-hydroxylation sites is 2. The number of carbonyl (C=O) groups is 1. The van der Waals surface area contributed by atoms with E-state index in [2.05, 4.69) is 19.9 Å². The van der Waals surface area contributed by atoms with Gasteiger partial charge >= 0.3 is 0 Å². The average molecular weight is 504 g/mol. The molecule has 1 aliphatic carbocycles. The van der Waals surface area contributed by atoms with Gasteiger partial charge in [0, 0.05) is 48.5 Å². The van der Waals surface area contributed by atoms with Crippen molar-refractivity contribution in [3.8, 4) is 28.5 Å². The minimum atomic E-state index is -2.75. The van der Waals surface area contributed by atoms with Crippen molar-refractivity contribution in [2.24, 2.45) is 5.92 Å². The normalized spacial score (nSPS) is 21.3. The number of benzene rings is 1. The van der Waals surface area contributed by atoms with Gasteiger partial charge in [0.05, 0.1) is 23.3 Å². The Labute approximate surface area is 212 Å². The molecule has 3 aromatic heterocycles. The number of hydrogen-bond donors (Lipinski definition) is 1. The minimum absolute atomic E-state index is 0.0383. The molecule has 190 valence electrons. The number of amides is 1. The van der Waals surface area contributed by atoms with Gasteiger partial charge in [-0.1, -0.05) is 12.1 Å². The molecule has 2 aliphatic rings. The van der Waals surface area contributed by atoms with E-state index in [1.165, 1.54) is 4.90 Å². The topological polar surface area (TPSA) is 84.0 Å². The molecule has 0 spiro atoms. The summed E-state index contributed by atoms with van der Waals surface area (Å²) in [7, 11) is 0. The first-order valence-electron chi connectivity index (χ1n) is 12.6. The summed E-state index contributed by atoms with van der Waals surface area (Å²) in [6.45, 7) is -0.300. The first-order chi connectivity index (χ1) is 17.9. The van der Waals surface area contributed by atoms with Gasteiger partial charge < -0.3 is 14.6 Å². The molecule has 7 nitrogen and oxygen atoms in total. The Balaban J connectivity index is 1.04. The maximum Gasteiger partial charge on any atom is 0.267 e. The van der Waals surface area contributed by atoms with Gasteiger partial charge in [-0.05, 0) is 56.0 Å². The van der Waals surface area contributed by atoms with Crippen molar-refractivity contribution in [1.29, 1.82) is 0 Å². The van der Waals surface area contributed by atoms with Gasteiger partial charge in [0.2, 0.25) is 11.8 Å².